The van der Waals surface area contributed by atoms with Gasteiger partial charge in [-0.1, -0.05) is 5.16 Å². The zero-order chi connectivity index (χ0) is 16.8. The molecule has 1 N–H and O–H groups in total. The molecule has 8 nitrogen and oxygen atoms in total. The number of nitrogens with zero attached hydrogens (tertiary/aromatic N) is 5. The minimum absolute atomic E-state index is 0.127. The van der Waals surface area contributed by atoms with E-state index in [9.17, 15) is 4.79 Å². The van der Waals surface area contributed by atoms with Crippen molar-refractivity contribution in [3.8, 4) is 11.3 Å². The lowest BCUT2D eigenvalue weighted by Gasteiger charge is -2.25. The summed E-state index contributed by atoms with van der Waals surface area (Å²) in [7, 11) is 1.86. The number of amides is 1. The molecule has 1 aliphatic rings. The van der Waals surface area contributed by atoms with Crippen LogP contribution in [0.25, 0.3) is 11.3 Å². The summed E-state index contributed by atoms with van der Waals surface area (Å²) in [6.45, 7) is 5.09. The molecular weight excluding hydrogens is 308 g/mol. The highest BCUT2D eigenvalue weighted by atomic mass is 16.5. The van der Waals surface area contributed by atoms with Gasteiger partial charge in [0, 0.05) is 49.6 Å². The van der Waals surface area contributed by atoms with Crippen LogP contribution in [0, 0.1) is 13.8 Å². The molecule has 0 unspecified atom stereocenters. The van der Waals surface area contributed by atoms with E-state index in [1.165, 1.54) is 0 Å². The number of carbonyl (C=O) groups is 1. The van der Waals surface area contributed by atoms with E-state index in [1.54, 1.807) is 21.8 Å². The largest absolute Gasteiger partial charge is 0.355 e. The highest BCUT2D eigenvalue weighted by Gasteiger charge is 2.27. The fourth-order valence-electron chi connectivity index (χ4n) is 3.01. The van der Waals surface area contributed by atoms with E-state index in [2.05, 4.69) is 20.5 Å². The molecule has 0 spiro atoms. The van der Waals surface area contributed by atoms with Gasteiger partial charge in [0.05, 0.1) is 17.5 Å². The summed E-state index contributed by atoms with van der Waals surface area (Å²) >= 11 is 0. The van der Waals surface area contributed by atoms with Crippen molar-refractivity contribution in [1.29, 1.82) is 0 Å². The van der Waals surface area contributed by atoms with Crippen molar-refractivity contribution >= 4 is 5.91 Å². The molecule has 1 aliphatic heterocycles. The number of aryl methyl sites for hydroxylation is 2. The van der Waals surface area contributed by atoms with Crippen molar-refractivity contribution in [2.75, 3.05) is 6.54 Å². The Bertz CT molecular complexity index is 919. The molecule has 0 aliphatic carbocycles. The van der Waals surface area contributed by atoms with Crippen molar-refractivity contribution < 1.29 is 9.32 Å². The highest BCUT2D eigenvalue weighted by Crippen LogP contribution is 2.25. The van der Waals surface area contributed by atoms with Crippen LogP contribution in [0.15, 0.2) is 16.8 Å². The molecule has 0 saturated carbocycles. The second-order valence-corrected chi connectivity index (χ2v) is 6.09. The fraction of sp³-hybridized carbons (Fsp3) is 0.375. The Morgan fingerprint density at radius 3 is 2.96 bits per heavy atom. The number of rotatable bonds is 2. The molecule has 0 radical (unpaired) electrons. The first kappa shape index (κ1) is 14.7. The first-order chi connectivity index (χ1) is 11.5. The van der Waals surface area contributed by atoms with Crippen LogP contribution >= 0.6 is 0 Å². The van der Waals surface area contributed by atoms with Crippen LogP contribution in [0.5, 0.6) is 0 Å². The topological polar surface area (TPSA) is 92.8 Å². The van der Waals surface area contributed by atoms with Crippen molar-refractivity contribution in [3.05, 3.63) is 40.6 Å². The predicted octanol–water partition coefficient (Wildman–Crippen LogP) is 1.61. The Kier molecular flexibility index (Phi) is 3.26. The monoisotopic (exact) mass is 326 g/mol. The summed E-state index contributed by atoms with van der Waals surface area (Å²) < 4.78 is 7.12. The van der Waals surface area contributed by atoms with Crippen LogP contribution in [-0.4, -0.2) is 42.5 Å². The standard InChI is InChI=1S/C16H18N6O2/c1-9-12-8-22(5-4-13(12)19-18-9)16(23)14-6-15(24-20-14)11-7-17-21(3)10(11)2/h6-7H,4-5,8H2,1-3H3,(H,18,19). The summed E-state index contributed by atoms with van der Waals surface area (Å²) in [6, 6.07) is 1.68. The Hall–Kier alpha value is -2.90. The third-order valence-electron chi connectivity index (χ3n) is 4.64. The third-order valence-corrected chi connectivity index (χ3v) is 4.64. The zero-order valence-electron chi connectivity index (χ0n) is 13.8. The van der Waals surface area contributed by atoms with Gasteiger partial charge in [-0.25, -0.2) is 0 Å². The molecule has 0 atom stereocenters. The highest BCUT2D eigenvalue weighted by molar-refractivity contribution is 5.93. The summed E-state index contributed by atoms with van der Waals surface area (Å²) in [6.07, 6.45) is 2.46. The number of fused-ring (bicyclic) bond motifs is 1. The first-order valence-corrected chi connectivity index (χ1v) is 7.82. The van der Waals surface area contributed by atoms with Gasteiger partial charge in [0.15, 0.2) is 11.5 Å². The van der Waals surface area contributed by atoms with E-state index in [-0.39, 0.29) is 5.91 Å². The Morgan fingerprint density at radius 2 is 2.21 bits per heavy atom. The Balaban J connectivity index is 1.58. The average molecular weight is 326 g/mol. The lowest BCUT2D eigenvalue weighted by Crippen LogP contribution is -2.36. The third kappa shape index (κ3) is 2.22. The van der Waals surface area contributed by atoms with E-state index in [4.69, 9.17) is 4.52 Å². The molecule has 3 aromatic heterocycles. The van der Waals surface area contributed by atoms with Crippen molar-refractivity contribution in [2.45, 2.75) is 26.8 Å². The molecule has 3 aromatic rings. The van der Waals surface area contributed by atoms with Crippen molar-refractivity contribution in [1.82, 2.24) is 30.0 Å². The van der Waals surface area contributed by atoms with E-state index in [0.717, 1.165) is 34.6 Å². The minimum atomic E-state index is -0.127. The number of aromatic amines is 1. The SMILES string of the molecule is Cc1[nH]nc2c1CN(C(=O)c1cc(-c3cnn(C)c3C)on1)CC2. The van der Waals surface area contributed by atoms with Gasteiger partial charge in [0.25, 0.3) is 5.91 Å². The van der Waals surface area contributed by atoms with Crippen LogP contribution in [0.3, 0.4) is 0 Å². The first-order valence-electron chi connectivity index (χ1n) is 7.82. The smallest absolute Gasteiger partial charge is 0.276 e. The molecule has 124 valence electrons. The second kappa shape index (κ2) is 5.33. The van der Waals surface area contributed by atoms with E-state index in [0.29, 0.717) is 24.5 Å². The van der Waals surface area contributed by atoms with Crippen LogP contribution in [0.1, 0.15) is 33.1 Å². The van der Waals surface area contributed by atoms with Gasteiger partial charge in [-0.3, -0.25) is 14.6 Å². The predicted molar refractivity (Wildman–Crippen MR) is 85.2 cm³/mol. The average Bonchev–Trinajstić information content (AvgIpc) is 3.28. The van der Waals surface area contributed by atoms with E-state index in [1.807, 2.05) is 20.9 Å². The lowest BCUT2D eigenvalue weighted by atomic mass is 10.1. The number of H-pyrrole nitrogens is 1. The summed E-state index contributed by atoms with van der Waals surface area (Å²) in [5.74, 6) is 0.430. The van der Waals surface area contributed by atoms with Gasteiger partial charge in [-0.05, 0) is 13.8 Å². The Labute approximate surface area is 138 Å². The number of nitrogens with one attached hydrogen (secondary N) is 1. The molecule has 0 fully saturated rings. The Morgan fingerprint density at radius 1 is 1.38 bits per heavy atom. The van der Waals surface area contributed by atoms with Gasteiger partial charge < -0.3 is 9.42 Å². The van der Waals surface area contributed by atoms with E-state index >= 15 is 0 Å². The van der Waals surface area contributed by atoms with Gasteiger partial charge in [0.2, 0.25) is 0 Å². The molecule has 4 rings (SSSR count). The second-order valence-electron chi connectivity index (χ2n) is 6.09. The van der Waals surface area contributed by atoms with Crippen molar-refractivity contribution in [3.63, 3.8) is 0 Å². The fourth-order valence-corrected chi connectivity index (χ4v) is 3.01. The van der Waals surface area contributed by atoms with Gasteiger partial charge in [0.1, 0.15) is 0 Å². The zero-order valence-corrected chi connectivity index (χ0v) is 13.8. The summed E-state index contributed by atoms with van der Waals surface area (Å²) in [5.41, 5.74) is 5.27. The van der Waals surface area contributed by atoms with E-state index < -0.39 is 0 Å². The number of hydrogen-bond acceptors (Lipinski definition) is 5. The summed E-state index contributed by atoms with van der Waals surface area (Å²) in [5, 5.41) is 15.4. The van der Waals surface area contributed by atoms with Gasteiger partial charge in [-0.15, -0.1) is 0 Å². The van der Waals surface area contributed by atoms with Crippen LogP contribution in [0.2, 0.25) is 0 Å². The van der Waals surface area contributed by atoms with Crippen molar-refractivity contribution in [2.24, 2.45) is 7.05 Å². The number of hydrogen-bond donors (Lipinski definition) is 1. The number of carbonyl (C=O) groups excluding carboxylic acids is 1. The molecule has 24 heavy (non-hydrogen) atoms. The maximum atomic E-state index is 12.7. The molecular formula is C16H18N6O2. The molecule has 1 amide bonds. The van der Waals surface area contributed by atoms with Crippen LogP contribution in [-0.2, 0) is 20.0 Å². The number of aromatic nitrogens is 5. The van der Waals surface area contributed by atoms with Crippen LogP contribution in [0.4, 0.5) is 0 Å². The maximum Gasteiger partial charge on any atom is 0.276 e. The molecule has 0 bridgehead atoms. The molecule has 0 aromatic carbocycles. The molecule has 4 heterocycles. The quantitative estimate of drug-likeness (QED) is 0.772. The maximum absolute atomic E-state index is 12.7. The van der Waals surface area contributed by atoms with Gasteiger partial charge >= 0.3 is 0 Å². The van der Waals surface area contributed by atoms with Crippen LogP contribution < -0.4 is 0 Å². The lowest BCUT2D eigenvalue weighted by molar-refractivity contribution is 0.0723. The molecule has 0 saturated heterocycles. The molecule has 8 heteroatoms. The summed E-state index contributed by atoms with van der Waals surface area (Å²) in [4.78, 5) is 14.5. The van der Waals surface area contributed by atoms with Gasteiger partial charge in [-0.2, -0.15) is 10.2 Å². The normalized spacial score (nSPS) is 14.0. The minimum Gasteiger partial charge on any atom is -0.355 e.